The number of aromatic amines is 2. The summed E-state index contributed by atoms with van der Waals surface area (Å²) in [6.07, 6.45) is 2.11. The summed E-state index contributed by atoms with van der Waals surface area (Å²) in [5.74, 6) is 0.402. The first-order chi connectivity index (χ1) is 6.24. The number of nitrogens with one attached hydrogen (secondary N) is 2. The summed E-state index contributed by atoms with van der Waals surface area (Å²) in [4.78, 5) is 22.4. The lowest BCUT2D eigenvalue weighted by Gasteiger charge is -2.11. The number of aromatic nitrogens is 3. The Morgan fingerprint density at radius 2 is 1.92 bits per heavy atom. The van der Waals surface area contributed by atoms with E-state index < -0.39 is 11.4 Å². The van der Waals surface area contributed by atoms with Crippen molar-refractivity contribution in [3.05, 3.63) is 21.0 Å². The molecule has 1 fully saturated rings. The molecular weight excluding hydrogens is 172 g/mol. The Morgan fingerprint density at radius 1 is 1.38 bits per heavy atom. The van der Waals surface area contributed by atoms with Gasteiger partial charge in [-0.25, -0.2) is 24.4 Å². The predicted molar refractivity (Wildman–Crippen MR) is 46.5 cm³/mol. The molecule has 4 N–H and O–H groups in total. The van der Waals surface area contributed by atoms with Crippen molar-refractivity contribution in [2.75, 3.05) is 6.54 Å². The van der Waals surface area contributed by atoms with E-state index in [9.17, 15) is 9.59 Å². The molecule has 1 aromatic heterocycles. The largest absolute Gasteiger partial charge is 0.344 e. The monoisotopic (exact) mass is 184 g/mol. The van der Waals surface area contributed by atoms with Gasteiger partial charge in [-0.2, -0.15) is 0 Å². The Morgan fingerprint density at radius 3 is 2.31 bits per heavy atom. The van der Waals surface area contributed by atoms with Gasteiger partial charge < -0.3 is 5.73 Å². The topological polar surface area (TPSA) is 96.7 Å². The van der Waals surface area contributed by atoms with Crippen LogP contribution in [0.3, 0.4) is 0 Å². The van der Waals surface area contributed by atoms with E-state index in [0.717, 1.165) is 12.8 Å². The zero-order chi connectivity index (χ0) is 9.42. The second-order valence-corrected chi connectivity index (χ2v) is 3.37. The fourth-order valence-corrected chi connectivity index (χ4v) is 1.61. The van der Waals surface area contributed by atoms with Crippen LogP contribution in [0.4, 0.5) is 0 Å². The summed E-state index contributed by atoms with van der Waals surface area (Å²) in [6, 6.07) is -0.137. The fraction of sp³-hybridized carbons (Fsp3) is 0.714. The molecule has 1 atom stereocenters. The van der Waals surface area contributed by atoms with Crippen molar-refractivity contribution < 1.29 is 0 Å². The maximum Gasteiger partial charge on any atom is 0.344 e. The third-order valence-electron chi connectivity index (χ3n) is 2.45. The highest BCUT2D eigenvalue weighted by atomic mass is 16.2. The van der Waals surface area contributed by atoms with E-state index in [-0.39, 0.29) is 6.04 Å². The van der Waals surface area contributed by atoms with Crippen LogP contribution in [0.15, 0.2) is 9.59 Å². The standard InChI is InChI=1S/C7H12N4O2/c8-3-5(4-1-2-4)11-6(12)9-10-7(11)13/h4-5H,1-3,8H2,(H,9,12)(H,10,13). The van der Waals surface area contributed by atoms with Crippen LogP contribution < -0.4 is 17.1 Å². The second kappa shape index (κ2) is 2.88. The number of hydrogen-bond donors (Lipinski definition) is 3. The lowest BCUT2D eigenvalue weighted by atomic mass is 10.2. The van der Waals surface area contributed by atoms with Gasteiger partial charge in [0.25, 0.3) is 0 Å². The van der Waals surface area contributed by atoms with Gasteiger partial charge in [-0.1, -0.05) is 0 Å². The zero-order valence-electron chi connectivity index (χ0n) is 7.12. The van der Waals surface area contributed by atoms with Gasteiger partial charge in [0.1, 0.15) is 0 Å². The molecule has 1 aliphatic rings. The Balaban J connectivity index is 2.41. The highest BCUT2D eigenvalue weighted by Crippen LogP contribution is 2.37. The lowest BCUT2D eigenvalue weighted by Crippen LogP contribution is -2.36. The number of nitrogens with two attached hydrogens (primary N) is 1. The van der Waals surface area contributed by atoms with Gasteiger partial charge in [-0.05, 0) is 18.8 Å². The molecule has 0 aromatic carbocycles. The van der Waals surface area contributed by atoms with E-state index in [4.69, 9.17) is 5.73 Å². The van der Waals surface area contributed by atoms with Crippen LogP contribution in [-0.4, -0.2) is 21.3 Å². The summed E-state index contributed by atoms with van der Waals surface area (Å²) in [7, 11) is 0. The molecule has 72 valence electrons. The molecule has 0 radical (unpaired) electrons. The molecule has 6 nitrogen and oxygen atoms in total. The van der Waals surface area contributed by atoms with Crippen molar-refractivity contribution in [3.8, 4) is 0 Å². The summed E-state index contributed by atoms with van der Waals surface area (Å²) >= 11 is 0. The van der Waals surface area contributed by atoms with Crippen molar-refractivity contribution in [3.63, 3.8) is 0 Å². The van der Waals surface area contributed by atoms with Gasteiger partial charge in [-0.15, -0.1) is 0 Å². The van der Waals surface area contributed by atoms with Crippen LogP contribution in [0.5, 0.6) is 0 Å². The maximum absolute atomic E-state index is 11.2. The lowest BCUT2D eigenvalue weighted by molar-refractivity contribution is 0.433. The molecule has 1 saturated carbocycles. The predicted octanol–water partition coefficient (Wildman–Crippen LogP) is -1.23. The SMILES string of the molecule is NCC(C1CC1)n1c(=O)[nH][nH]c1=O. The molecule has 1 heterocycles. The summed E-state index contributed by atoms with van der Waals surface area (Å²) < 4.78 is 1.18. The molecule has 1 aliphatic carbocycles. The fourth-order valence-electron chi connectivity index (χ4n) is 1.61. The van der Waals surface area contributed by atoms with Gasteiger partial charge in [-0.3, -0.25) is 0 Å². The highest BCUT2D eigenvalue weighted by molar-refractivity contribution is 4.88. The molecule has 1 unspecified atom stereocenters. The van der Waals surface area contributed by atoms with Gasteiger partial charge in [0.2, 0.25) is 0 Å². The van der Waals surface area contributed by atoms with Gasteiger partial charge in [0, 0.05) is 6.54 Å². The van der Waals surface area contributed by atoms with Crippen molar-refractivity contribution in [2.45, 2.75) is 18.9 Å². The van der Waals surface area contributed by atoms with E-state index in [0.29, 0.717) is 12.5 Å². The average Bonchev–Trinajstić information content (AvgIpc) is 2.88. The molecule has 13 heavy (non-hydrogen) atoms. The Labute approximate surface area is 73.7 Å². The molecule has 0 bridgehead atoms. The number of hydrogen-bond acceptors (Lipinski definition) is 3. The first-order valence-corrected chi connectivity index (χ1v) is 4.33. The molecule has 1 aromatic rings. The van der Waals surface area contributed by atoms with Crippen LogP contribution >= 0.6 is 0 Å². The number of nitrogens with zero attached hydrogens (tertiary/aromatic N) is 1. The first-order valence-electron chi connectivity index (χ1n) is 4.33. The molecule has 6 heteroatoms. The van der Waals surface area contributed by atoms with Crippen LogP contribution in [0.2, 0.25) is 0 Å². The minimum Gasteiger partial charge on any atom is -0.328 e. The molecular formula is C7H12N4O2. The summed E-state index contributed by atoms with van der Waals surface area (Å²) in [5, 5.41) is 4.50. The number of H-pyrrole nitrogens is 2. The van der Waals surface area contributed by atoms with Gasteiger partial charge >= 0.3 is 11.4 Å². The quantitative estimate of drug-likeness (QED) is 0.549. The zero-order valence-corrected chi connectivity index (χ0v) is 7.12. The molecule has 0 aliphatic heterocycles. The third-order valence-corrected chi connectivity index (χ3v) is 2.45. The normalized spacial score (nSPS) is 18.8. The molecule has 0 spiro atoms. The minimum absolute atomic E-state index is 0.137. The van der Waals surface area contributed by atoms with Crippen LogP contribution in [0.25, 0.3) is 0 Å². The van der Waals surface area contributed by atoms with Crippen LogP contribution in [0.1, 0.15) is 18.9 Å². The summed E-state index contributed by atoms with van der Waals surface area (Å²) in [6.45, 7) is 0.339. The summed E-state index contributed by atoms with van der Waals surface area (Å²) in [5.41, 5.74) is 4.72. The van der Waals surface area contributed by atoms with E-state index in [1.54, 1.807) is 0 Å². The Kier molecular flexibility index (Phi) is 1.84. The highest BCUT2D eigenvalue weighted by Gasteiger charge is 2.33. The van der Waals surface area contributed by atoms with Crippen molar-refractivity contribution in [1.29, 1.82) is 0 Å². The van der Waals surface area contributed by atoms with E-state index in [1.807, 2.05) is 0 Å². The third kappa shape index (κ3) is 1.33. The van der Waals surface area contributed by atoms with Crippen molar-refractivity contribution in [2.24, 2.45) is 11.7 Å². The van der Waals surface area contributed by atoms with Crippen molar-refractivity contribution in [1.82, 2.24) is 14.8 Å². The minimum atomic E-state index is -0.396. The maximum atomic E-state index is 11.2. The van der Waals surface area contributed by atoms with Crippen LogP contribution in [-0.2, 0) is 0 Å². The second-order valence-electron chi connectivity index (χ2n) is 3.37. The Hall–Kier alpha value is -1.30. The van der Waals surface area contributed by atoms with E-state index in [1.165, 1.54) is 4.57 Å². The average molecular weight is 184 g/mol. The van der Waals surface area contributed by atoms with Gasteiger partial charge in [0.15, 0.2) is 0 Å². The van der Waals surface area contributed by atoms with E-state index >= 15 is 0 Å². The molecule has 0 saturated heterocycles. The molecule has 2 rings (SSSR count). The first kappa shape index (κ1) is 8.31. The Bertz CT molecular complexity index is 370. The smallest absolute Gasteiger partial charge is 0.328 e. The molecule has 0 amide bonds. The van der Waals surface area contributed by atoms with Crippen LogP contribution in [0, 0.1) is 5.92 Å². The van der Waals surface area contributed by atoms with Crippen molar-refractivity contribution >= 4 is 0 Å². The van der Waals surface area contributed by atoms with Gasteiger partial charge in [0.05, 0.1) is 6.04 Å². The van der Waals surface area contributed by atoms with E-state index in [2.05, 4.69) is 10.2 Å². The number of rotatable bonds is 3.